The zero-order valence-electron chi connectivity index (χ0n) is 11.4. The zero-order valence-corrected chi connectivity index (χ0v) is 12.9. The van der Waals surface area contributed by atoms with Crippen LogP contribution in [0.3, 0.4) is 0 Å². The lowest BCUT2D eigenvalue weighted by Crippen LogP contribution is -2.25. The molecule has 8 heteroatoms. The Labute approximate surface area is 137 Å². The highest BCUT2D eigenvalue weighted by molar-refractivity contribution is 9.10. The summed E-state index contributed by atoms with van der Waals surface area (Å²) in [7, 11) is 0. The molecule has 2 aromatic rings. The number of aldehydes is 1. The van der Waals surface area contributed by atoms with Crippen molar-refractivity contribution in [3.63, 3.8) is 0 Å². The molecule has 0 N–H and O–H groups in total. The van der Waals surface area contributed by atoms with Crippen molar-refractivity contribution >= 4 is 51.0 Å². The average Bonchev–Trinajstić information content (AvgIpc) is 2.78. The van der Waals surface area contributed by atoms with Gasteiger partial charge in [0.1, 0.15) is 0 Å². The molecule has 0 bridgehead atoms. The quantitative estimate of drug-likeness (QED) is 0.356. The van der Waals surface area contributed by atoms with Crippen LogP contribution >= 0.6 is 15.9 Å². The Morgan fingerprint density at radius 2 is 1.78 bits per heavy atom. The SMILES string of the molecule is O=Cc1cc([N+](=O)[O-])ccc1N1C(=O)C(=O)c2cc(Br)ccc21. The number of Topliss-reactive ketones (excluding diaryl/α,β-unsaturated/α-hetero) is 1. The van der Waals surface area contributed by atoms with Crippen molar-refractivity contribution in [1.82, 2.24) is 0 Å². The van der Waals surface area contributed by atoms with E-state index in [1.165, 1.54) is 18.2 Å². The van der Waals surface area contributed by atoms with Crippen molar-refractivity contribution in [2.45, 2.75) is 0 Å². The number of carbonyl (C=O) groups excluding carboxylic acids is 3. The summed E-state index contributed by atoms with van der Waals surface area (Å²) in [6.07, 6.45) is 0.414. The highest BCUT2D eigenvalue weighted by Gasteiger charge is 2.38. The summed E-state index contributed by atoms with van der Waals surface area (Å²) in [4.78, 5) is 46.9. The van der Waals surface area contributed by atoms with E-state index in [-0.39, 0.29) is 22.5 Å². The van der Waals surface area contributed by atoms with E-state index in [4.69, 9.17) is 0 Å². The van der Waals surface area contributed by atoms with Crippen molar-refractivity contribution in [2.75, 3.05) is 4.90 Å². The number of nitro benzene ring substituents is 1. The van der Waals surface area contributed by atoms with Crippen molar-refractivity contribution in [2.24, 2.45) is 0 Å². The minimum absolute atomic E-state index is 0.0453. The molecule has 23 heavy (non-hydrogen) atoms. The Morgan fingerprint density at radius 3 is 2.43 bits per heavy atom. The number of halogens is 1. The molecule has 0 atom stereocenters. The Balaban J connectivity index is 2.20. The smallest absolute Gasteiger partial charge is 0.298 e. The summed E-state index contributed by atoms with van der Waals surface area (Å²) < 4.78 is 0.638. The largest absolute Gasteiger partial charge is 0.304 e. The Morgan fingerprint density at radius 1 is 1.09 bits per heavy atom. The van der Waals surface area contributed by atoms with Gasteiger partial charge in [-0.3, -0.25) is 29.4 Å². The van der Waals surface area contributed by atoms with Gasteiger partial charge in [-0.05, 0) is 24.3 Å². The maximum atomic E-state index is 12.3. The van der Waals surface area contributed by atoms with Crippen LogP contribution < -0.4 is 4.90 Å². The molecule has 0 saturated heterocycles. The van der Waals surface area contributed by atoms with Crippen LogP contribution in [-0.4, -0.2) is 22.9 Å². The summed E-state index contributed by atoms with van der Waals surface area (Å²) in [6, 6.07) is 8.27. The highest BCUT2D eigenvalue weighted by atomic mass is 79.9. The van der Waals surface area contributed by atoms with Crippen LogP contribution in [0.2, 0.25) is 0 Å². The first-order chi connectivity index (χ1) is 10.9. The number of anilines is 2. The third-order valence-corrected chi connectivity index (χ3v) is 3.92. The molecule has 7 nitrogen and oxygen atoms in total. The number of nitro groups is 1. The number of fused-ring (bicyclic) bond motifs is 1. The molecule has 1 amide bonds. The lowest BCUT2D eigenvalue weighted by molar-refractivity contribution is -0.384. The molecule has 3 rings (SSSR count). The summed E-state index contributed by atoms with van der Waals surface area (Å²) in [6.45, 7) is 0. The molecule has 0 fully saturated rings. The fraction of sp³-hybridized carbons (Fsp3) is 0. The van der Waals surface area contributed by atoms with Gasteiger partial charge in [-0.2, -0.15) is 0 Å². The van der Waals surface area contributed by atoms with E-state index in [9.17, 15) is 24.5 Å². The van der Waals surface area contributed by atoms with Crippen LogP contribution in [0.25, 0.3) is 0 Å². The van der Waals surface area contributed by atoms with Crippen LogP contribution in [0.15, 0.2) is 40.9 Å². The Bertz CT molecular complexity index is 893. The number of hydrogen-bond acceptors (Lipinski definition) is 5. The molecule has 1 aliphatic heterocycles. The maximum Gasteiger partial charge on any atom is 0.304 e. The first-order valence-corrected chi connectivity index (χ1v) is 7.15. The predicted molar refractivity (Wildman–Crippen MR) is 84.1 cm³/mol. The molecule has 114 valence electrons. The molecule has 0 aliphatic carbocycles. The zero-order chi connectivity index (χ0) is 16.7. The van der Waals surface area contributed by atoms with Gasteiger partial charge >= 0.3 is 5.91 Å². The number of rotatable bonds is 3. The number of ketones is 1. The van der Waals surface area contributed by atoms with Gasteiger partial charge in [-0.25, -0.2) is 0 Å². The molecule has 2 aromatic carbocycles. The van der Waals surface area contributed by atoms with Crippen LogP contribution in [0.1, 0.15) is 20.7 Å². The lowest BCUT2D eigenvalue weighted by atomic mass is 10.1. The van der Waals surface area contributed by atoms with Gasteiger partial charge in [-0.15, -0.1) is 0 Å². The van der Waals surface area contributed by atoms with Crippen LogP contribution in [-0.2, 0) is 4.79 Å². The van der Waals surface area contributed by atoms with E-state index >= 15 is 0 Å². The standard InChI is InChI=1S/C15H7BrN2O5/c16-9-1-3-13-11(6-9)14(20)15(21)17(13)12-4-2-10(18(22)23)5-8(12)7-19/h1-7H. The molecule has 1 heterocycles. The van der Waals surface area contributed by atoms with Crippen LogP contribution in [0.5, 0.6) is 0 Å². The van der Waals surface area contributed by atoms with Crippen molar-refractivity contribution < 1.29 is 19.3 Å². The topological polar surface area (TPSA) is 97.6 Å². The molecule has 1 aliphatic rings. The molecule has 0 saturated carbocycles. The minimum atomic E-state index is -0.810. The van der Waals surface area contributed by atoms with Gasteiger partial charge in [0.25, 0.3) is 11.5 Å². The van der Waals surface area contributed by atoms with Gasteiger partial charge in [0.15, 0.2) is 6.29 Å². The maximum absolute atomic E-state index is 12.3. The van der Waals surface area contributed by atoms with Crippen molar-refractivity contribution in [1.29, 1.82) is 0 Å². The number of non-ortho nitro benzene ring substituents is 1. The molecule has 0 unspecified atom stereocenters. The normalized spacial score (nSPS) is 13.2. The van der Waals surface area contributed by atoms with E-state index < -0.39 is 16.6 Å². The lowest BCUT2D eigenvalue weighted by Gasteiger charge is -2.18. The highest BCUT2D eigenvalue weighted by Crippen LogP contribution is 2.38. The number of carbonyl (C=O) groups is 3. The van der Waals surface area contributed by atoms with E-state index in [0.717, 1.165) is 11.0 Å². The van der Waals surface area contributed by atoms with Crippen LogP contribution in [0, 0.1) is 10.1 Å². The summed E-state index contributed by atoms with van der Waals surface area (Å²) in [5.41, 5.74) is 0.353. The van der Waals surface area contributed by atoms with E-state index in [1.807, 2.05) is 0 Å². The molecular formula is C15H7BrN2O5. The number of nitrogens with zero attached hydrogens (tertiary/aromatic N) is 2. The predicted octanol–water partition coefficient (Wildman–Crippen LogP) is 3.03. The second-order valence-electron chi connectivity index (χ2n) is 4.75. The first kappa shape index (κ1) is 15.0. The Kier molecular flexibility index (Phi) is 3.53. The second kappa shape index (κ2) is 5.40. The van der Waals surface area contributed by atoms with E-state index in [1.54, 1.807) is 12.1 Å². The molecular weight excluding hydrogens is 368 g/mol. The van der Waals surface area contributed by atoms with Crippen LogP contribution in [0.4, 0.5) is 17.1 Å². The number of hydrogen-bond donors (Lipinski definition) is 0. The van der Waals surface area contributed by atoms with Crippen molar-refractivity contribution in [3.8, 4) is 0 Å². The van der Waals surface area contributed by atoms with E-state index in [0.29, 0.717) is 16.4 Å². The fourth-order valence-electron chi connectivity index (χ4n) is 2.40. The average molecular weight is 375 g/mol. The minimum Gasteiger partial charge on any atom is -0.298 e. The second-order valence-corrected chi connectivity index (χ2v) is 5.66. The molecule has 0 aromatic heterocycles. The third kappa shape index (κ3) is 2.33. The van der Waals surface area contributed by atoms with Gasteiger partial charge in [0, 0.05) is 22.2 Å². The van der Waals surface area contributed by atoms with Gasteiger partial charge in [-0.1, -0.05) is 15.9 Å². The summed E-state index contributed by atoms with van der Waals surface area (Å²) in [5.74, 6) is -1.51. The molecule has 0 spiro atoms. The molecule has 0 radical (unpaired) electrons. The first-order valence-electron chi connectivity index (χ1n) is 6.36. The monoisotopic (exact) mass is 374 g/mol. The third-order valence-electron chi connectivity index (χ3n) is 3.43. The van der Waals surface area contributed by atoms with E-state index in [2.05, 4.69) is 15.9 Å². The fourth-order valence-corrected chi connectivity index (χ4v) is 2.77. The Hall–Kier alpha value is -2.87. The number of benzene rings is 2. The summed E-state index contributed by atoms with van der Waals surface area (Å²) >= 11 is 3.23. The van der Waals surface area contributed by atoms with Crippen molar-refractivity contribution in [3.05, 3.63) is 62.1 Å². The van der Waals surface area contributed by atoms with Gasteiger partial charge in [0.2, 0.25) is 0 Å². The van der Waals surface area contributed by atoms with Gasteiger partial charge < -0.3 is 0 Å². The summed E-state index contributed by atoms with van der Waals surface area (Å²) in [5, 5.41) is 10.8. The van der Waals surface area contributed by atoms with Gasteiger partial charge in [0.05, 0.1) is 21.9 Å². The number of amides is 1.